The van der Waals surface area contributed by atoms with Crippen LogP contribution in [0.15, 0.2) is 24.3 Å². The number of piperidine rings is 1. The normalized spacial score (nSPS) is 22.5. The summed E-state index contributed by atoms with van der Waals surface area (Å²) in [7, 11) is 1.77. The zero-order valence-corrected chi connectivity index (χ0v) is 10.6. The lowest BCUT2D eigenvalue weighted by molar-refractivity contribution is 0.0891. The van der Waals surface area contributed by atoms with Gasteiger partial charge in [0, 0.05) is 31.5 Å². The van der Waals surface area contributed by atoms with Crippen molar-refractivity contribution in [2.24, 2.45) is 0 Å². The van der Waals surface area contributed by atoms with E-state index in [0.717, 1.165) is 37.2 Å². The standard InChI is InChI=1S/C14H21NO2/c1-11(16)13-7-3-4-8-14(13)15-9-5-6-12(10-15)17-2/h3-4,7-8,11-12,16H,5-6,9-10H2,1-2H3/t11-,12?/m0/s1. The largest absolute Gasteiger partial charge is 0.389 e. The second-order valence-corrected chi connectivity index (χ2v) is 4.68. The monoisotopic (exact) mass is 235 g/mol. The molecule has 2 atom stereocenters. The summed E-state index contributed by atoms with van der Waals surface area (Å²) < 4.78 is 5.44. The summed E-state index contributed by atoms with van der Waals surface area (Å²) in [6.45, 7) is 3.78. The lowest BCUT2D eigenvalue weighted by atomic mass is 10.0. The van der Waals surface area contributed by atoms with E-state index in [-0.39, 0.29) is 0 Å². The van der Waals surface area contributed by atoms with Gasteiger partial charge in [0.25, 0.3) is 0 Å². The van der Waals surface area contributed by atoms with Gasteiger partial charge in [-0.3, -0.25) is 0 Å². The molecule has 3 nitrogen and oxygen atoms in total. The van der Waals surface area contributed by atoms with E-state index in [1.165, 1.54) is 0 Å². The number of hydrogen-bond donors (Lipinski definition) is 1. The molecule has 1 aromatic carbocycles. The SMILES string of the molecule is COC1CCCN(c2ccccc2[C@H](C)O)C1. The molecular formula is C14H21NO2. The van der Waals surface area contributed by atoms with Gasteiger partial charge in [-0.15, -0.1) is 0 Å². The summed E-state index contributed by atoms with van der Waals surface area (Å²) in [4.78, 5) is 2.32. The average Bonchev–Trinajstić information content (AvgIpc) is 2.39. The number of aliphatic hydroxyl groups excluding tert-OH is 1. The van der Waals surface area contributed by atoms with Crippen molar-refractivity contribution in [2.75, 3.05) is 25.1 Å². The van der Waals surface area contributed by atoms with E-state index in [1.54, 1.807) is 7.11 Å². The van der Waals surface area contributed by atoms with E-state index in [0.29, 0.717) is 6.10 Å². The molecule has 1 aliphatic rings. The van der Waals surface area contributed by atoms with E-state index in [2.05, 4.69) is 11.0 Å². The average molecular weight is 235 g/mol. The maximum absolute atomic E-state index is 9.80. The Balaban J connectivity index is 2.21. The Kier molecular flexibility index (Phi) is 4.02. The van der Waals surface area contributed by atoms with Gasteiger partial charge < -0.3 is 14.7 Å². The number of ether oxygens (including phenoxy) is 1. The van der Waals surface area contributed by atoms with Crippen LogP contribution in [0.3, 0.4) is 0 Å². The molecule has 17 heavy (non-hydrogen) atoms. The van der Waals surface area contributed by atoms with Crippen molar-refractivity contribution >= 4 is 5.69 Å². The van der Waals surface area contributed by atoms with Crippen molar-refractivity contribution in [3.05, 3.63) is 29.8 Å². The summed E-state index contributed by atoms with van der Waals surface area (Å²) in [5.74, 6) is 0. The van der Waals surface area contributed by atoms with Crippen LogP contribution in [0.4, 0.5) is 5.69 Å². The molecule has 2 rings (SSSR count). The fraction of sp³-hybridized carbons (Fsp3) is 0.571. The summed E-state index contributed by atoms with van der Waals surface area (Å²) in [6, 6.07) is 8.08. The van der Waals surface area contributed by atoms with Gasteiger partial charge in [0.2, 0.25) is 0 Å². The lowest BCUT2D eigenvalue weighted by Crippen LogP contribution is -2.39. The van der Waals surface area contributed by atoms with Gasteiger partial charge in [-0.2, -0.15) is 0 Å². The van der Waals surface area contributed by atoms with E-state index >= 15 is 0 Å². The predicted octanol–water partition coefficient (Wildman–Crippen LogP) is 2.36. The molecule has 0 spiro atoms. The lowest BCUT2D eigenvalue weighted by Gasteiger charge is -2.35. The fourth-order valence-electron chi connectivity index (χ4n) is 2.48. The van der Waals surface area contributed by atoms with Gasteiger partial charge in [-0.05, 0) is 25.8 Å². The Bertz CT molecular complexity index is 365. The summed E-state index contributed by atoms with van der Waals surface area (Å²) >= 11 is 0. The third-order valence-electron chi connectivity index (χ3n) is 3.44. The number of para-hydroxylation sites is 1. The molecule has 0 radical (unpaired) electrons. The molecule has 94 valence electrons. The van der Waals surface area contributed by atoms with Crippen LogP contribution >= 0.6 is 0 Å². The maximum Gasteiger partial charge on any atom is 0.0781 e. The van der Waals surface area contributed by atoms with Crippen LogP contribution in [0.5, 0.6) is 0 Å². The number of nitrogens with zero attached hydrogens (tertiary/aromatic N) is 1. The summed E-state index contributed by atoms with van der Waals surface area (Å²) in [5, 5.41) is 9.80. The Labute approximate surface area is 103 Å². The van der Waals surface area contributed by atoms with Crippen LogP contribution in [-0.2, 0) is 4.74 Å². The minimum atomic E-state index is -0.422. The fourth-order valence-corrected chi connectivity index (χ4v) is 2.48. The minimum Gasteiger partial charge on any atom is -0.389 e. The second-order valence-electron chi connectivity index (χ2n) is 4.68. The number of rotatable bonds is 3. The smallest absolute Gasteiger partial charge is 0.0781 e. The van der Waals surface area contributed by atoms with Crippen LogP contribution in [0.25, 0.3) is 0 Å². The molecule has 1 N–H and O–H groups in total. The number of benzene rings is 1. The van der Waals surface area contributed by atoms with Crippen molar-refractivity contribution in [3.8, 4) is 0 Å². The van der Waals surface area contributed by atoms with E-state index < -0.39 is 6.10 Å². The Morgan fingerprint density at radius 2 is 2.18 bits per heavy atom. The predicted molar refractivity (Wildman–Crippen MR) is 69.3 cm³/mol. The van der Waals surface area contributed by atoms with E-state index in [9.17, 15) is 5.11 Å². The summed E-state index contributed by atoms with van der Waals surface area (Å²) in [6.07, 6.45) is 2.16. The number of anilines is 1. The van der Waals surface area contributed by atoms with Gasteiger partial charge in [-0.1, -0.05) is 18.2 Å². The zero-order chi connectivity index (χ0) is 12.3. The van der Waals surface area contributed by atoms with Crippen molar-refractivity contribution in [2.45, 2.75) is 32.0 Å². The number of aliphatic hydroxyl groups is 1. The van der Waals surface area contributed by atoms with Gasteiger partial charge in [-0.25, -0.2) is 0 Å². The molecule has 1 unspecified atom stereocenters. The molecular weight excluding hydrogens is 214 g/mol. The minimum absolute atomic E-state index is 0.311. The molecule has 0 saturated carbocycles. The highest BCUT2D eigenvalue weighted by Gasteiger charge is 2.22. The highest BCUT2D eigenvalue weighted by Crippen LogP contribution is 2.28. The van der Waals surface area contributed by atoms with Crippen LogP contribution in [0.1, 0.15) is 31.4 Å². The van der Waals surface area contributed by atoms with Gasteiger partial charge >= 0.3 is 0 Å². The molecule has 1 fully saturated rings. The molecule has 1 heterocycles. The quantitative estimate of drug-likeness (QED) is 0.873. The number of hydrogen-bond acceptors (Lipinski definition) is 3. The first kappa shape index (κ1) is 12.4. The van der Waals surface area contributed by atoms with Crippen molar-refractivity contribution in [1.29, 1.82) is 0 Å². The topological polar surface area (TPSA) is 32.7 Å². The molecule has 3 heteroatoms. The summed E-state index contributed by atoms with van der Waals surface area (Å²) in [5.41, 5.74) is 2.15. The third kappa shape index (κ3) is 2.79. The van der Waals surface area contributed by atoms with Crippen molar-refractivity contribution < 1.29 is 9.84 Å². The number of methoxy groups -OCH3 is 1. The third-order valence-corrected chi connectivity index (χ3v) is 3.44. The van der Waals surface area contributed by atoms with Crippen molar-refractivity contribution in [3.63, 3.8) is 0 Å². The van der Waals surface area contributed by atoms with Crippen LogP contribution in [0, 0.1) is 0 Å². The Morgan fingerprint density at radius 3 is 2.88 bits per heavy atom. The van der Waals surface area contributed by atoms with Crippen LogP contribution < -0.4 is 4.90 Å². The molecule has 1 saturated heterocycles. The zero-order valence-electron chi connectivity index (χ0n) is 10.6. The first-order chi connectivity index (χ1) is 8.22. The molecule has 0 aromatic heterocycles. The molecule has 1 aliphatic heterocycles. The Morgan fingerprint density at radius 1 is 1.41 bits per heavy atom. The van der Waals surface area contributed by atoms with Crippen LogP contribution in [0.2, 0.25) is 0 Å². The van der Waals surface area contributed by atoms with Gasteiger partial charge in [0.1, 0.15) is 0 Å². The van der Waals surface area contributed by atoms with Crippen molar-refractivity contribution in [1.82, 2.24) is 0 Å². The molecule has 0 aliphatic carbocycles. The molecule has 0 bridgehead atoms. The van der Waals surface area contributed by atoms with Gasteiger partial charge in [0.05, 0.1) is 12.2 Å². The molecule has 1 aromatic rings. The van der Waals surface area contributed by atoms with E-state index in [4.69, 9.17) is 4.74 Å². The maximum atomic E-state index is 9.80. The van der Waals surface area contributed by atoms with Gasteiger partial charge in [0.15, 0.2) is 0 Å². The highest BCUT2D eigenvalue weighted by molar-refractivity contribution is 5.54. The van der Waals surface area contributed by atoms with E-state index in [1.807, 2.05) is 25.1 Å². The van der Waals surface area contributed by atoms with Crippen LogP contribution in [-0.4, -0.2) is 31.4 Å². The second kappa shape index (κ2) is 5.52. The highest BCUT2D eigenvalue weighted by atomic mass is 16.5. The first-order valence-corrected chi connectivity index (χ1v) is 6.27. The Hall–Kier alpha value is -1.06. The first-order valence-electron chi connectivity index (χ1n) is 6.27. The molecule has 0 amide bonds.